The Hall–Kier alpha value is -1.06. The van der Waals surface area contributed by atoms with Gasteiger partial charge in [0.15, 0.2) is 0 Å². The predicted molar refractivity (Wildman–Crippen MR) is 66.9 cm³/mol. The molecule has 2 N–H and O–H groups in total. The molecule has 0 radical (unpaired) electrons. The average Bonchev–Trinajstić information content (AvgIpc) is 2.41. The highest BCUT2D eigenvalue weighted by molar-refractivity contribution is 5.48. The van der Waals surface area contributed by atoms with Gasteiger partial charge in [-0.3, -0.25) is 0 Å². The van der Waals surface area contributed by atoms with E-state index in [1.807, 2.05) is 0 Å². The van der Waals surface area contributed by atoms with Gasteiger partial charge in [-0.25, -0.2) is 0 Å². The molecule has 2 unspecified atom stereocenters. The largest absolute Gasteiger partial charge is 0.390 e. The van der Waals surface area contributed by atoms with Gasteiger partial charge in [-0.05, 0) is 31.5 Å². The van der Waals surface area contributed by atoms with E-state index in [0.717, 1.165) is 6.54 Å². The Morgan fingerprint density at radius 2 is 2.19 bits per heavy atom. The number of hydrogen-bond acceptors (Lipinski definition) is 3. The minimum atomic E-state index is -0.287. The van der Waals surface area contributed by atoms with Crippen molar-refractivity contribution >= 4 is 5.69 Å². The summed E-state index contributed by atoms with van der Waals surface area (Å²) >= 11 is 0. The number of aliphatic hydroxyl groups excluding tert-OH is 1. The molecular weight excluding hydrogens is 200 g/mol. The molecule has 3 heteroatoms. The maximum Gasteiger partial charge on any atom is 0.0839 e. The molecule has 16 heavy (non-hydrogen) atoms. The molecule has 0 saturated carbocycles. The number of β-amino-alcohol motifs (C(OH)–C–C–N with tert-alkyl or cyclic N) is 1. The molecule has 2 rings (SSSR count). The van der Waals surface area contributed by atoms with Crippen LogP contribution >= 0.6 is 0 Å². The van der Waals surface area contributed by atoms with Crippen molar-refractivity contribution in [3.63, 3.8) is 0 Å². The second-order valence-electron chi connectivity index (χ2n) is 4.71. The Balaban J connectivity index is 2.18. The standard InChI is InChI=1S/C13H20N2O/c1-10-4-3-5-12(6-10)15-8-11(2)14-7-13(16)9-15/h3-6,11,13-14,16H,7-9H2,1-2H3. The number of nitrogens with one attached hydrogen (secondary N) is 1. The Morgan fingerprint density at radius 1 is 1.38 bits per heavy atom. The number of benzene rings is 1. The molecule has 0 aromatic heterocycles. The summed E-state index contributed by atoms with van der Waals surface area (Å²) in [4.78, 5) is 2.25. The van der Waals surface area contributed by atoms with Crippen molar-refractivity contribution in [1.29, 1.82) is 0 Å². The van der Waals surface area contributed by atoms with Crippen LogP contribution in [-0.4, -0.2) is 36.9 Å². The molecule has 0 amide bonds. The van der Waals surface area contributed by atoms with Crippen LogP contribution in [0.15, 0.2) is 24.3 Å². The first-order valence-electron chi connectivity index (χ1n) is 5.88. The van der Waals surface area contributed by atoms with Gasteiger partial charge < -0.3 is 15.3 Å². The number of anilines is 1. The van der Waals surface area contributed by atoms with Gasteiger partial charge in [0.05, 0.1) is 6.10 Å². The summed E-state index contributed by atoms with van der Waals surface area (Å²) < 4.78 is 0. The summed E-state index contributed by atoms with van der Waals surface area (Å²) in [5.41, 5.74) is 2.46. The van der Waals surface area contributed by atoms with E-state index in [1.54, 1.807) is 0 Å². The van der Waals surface area contributed by atoms with Crippen molar-refractivity contribution in [2.45, 2.75) is 26.0 Å². The van der Waals surface area contributed by atoms with E-state index in [2.05, 4.69) is 48.3 Å². The van der Waals surface area contributed by atoms with Crippen LogP contribution in [-0.2, 0) is 0 Å². The van der Waals surface area contributed by atoms with E-state index in [4.69, 9.17) is 0 Å². The molecule has 1 fully saturated rings. The van der Waals surface area contributed by atoms with E-state index in [1.165, 1.54) is 11.3 Å². The van der Waals surface area contributed by atoms with Crippen molar-refractivity contribution in [3.8, 4) is 0 Å². The van der Waals surface area contributed by atoms with Crippen molar-refractivity contribution in [2.75, 3.05) is 24.5 Å². The summed E-state index contributed by atoms with van der Waals surface area (Å²) in [7, 11) is 0. The SMILES string of the molecule is Cc1cccc(N2CC(O)CNC(C)C2)c1. The lowest BCUT2D eigenvalue weighted by molar-refractivity contribution is 0.183. The van der Waals surface area contributed by atoms with Gasteiger partial charge in [0.2, 0.25) is 0 Å². The second kappa shape index (κ2) is 4.85. The fourth-order valence-electron chi connectivity index (χ4n) is 2.16. The van der Waals surface area contributed by atoms with Gasteiger partial charge in [0.1, 0.15) is 0 Å². The number of aryl methyl sites for hydroxylation is 1. The van der Waals surface area contributed by atoms with Crippen LogP contribution in [0.2, 0.25) is 0 Å². The molecule has 0 aliphatic carbocycles. The summed E-state index contributed by atoms with van der Waals surface area (Å²) in [5, 5.41) is 13.1. The summed E-state index contributed by atoms with van der Waals surface area (Å²) in [6, 6.07) is 8.86. The molecule has 3 nitrogen and oxygen atoms in total. The lowest BCUT2D eigenvalue weighted by Crippen LogP contribution is -2.35. The van der Waals surface area contributed by atoms with Crippen molar-refractivity contribution in [3.05, 3.63) is 29.8 Å². The molecule has 1 aliphatic rings. The average molecular weight is 220 g/mol. The van der Waals surface area contributed by atoms with E-state index < -0.39 is 0 Å². The van der Waals surface area contributed by atoms with E-state index in [-0.39, 0.29) is 6.10 Å². The van der Waals surface area contributed by atoms with Gasteiger partial charge in [0.25, 0.3) is 0 Å². The highest BCUT2D eigenvalue weighted by Gasteiger charge is 2.19. The molecule has 1 aromatic carbocycles. The molecule has 2 atom stereocenters. The highest BCUT2D eigenvalue weighted by atomic mass is 16.3. The topological polar surface area (TPSA) is 35.5 Å². The number of hydrogen-bond donors (Lipinski definition) is 2. The minimum Gasteiger partial charge on any atom is -0.390 e. The van der Waals surface area contributed by atoms with Crippen LogP contribution in [0.25, 0.3) is 0 Å². The van der Waals surface area contributed by atoms with Gasteiger partial charge >= 0.3 is 0 Å². The Morgan fingerprint density at radius 3 is 2.94 bits per heavy atom. The van der Waals surface area contributed by atoms with Gasteiger partial charge in [-0.15, -0.1) is 0 Å². The quantitative estimate of drug-likeness (QED) is 0.745. The molecular formula is C13H20N2O. The zero-order chi connectivity index (χ0) is 11.5. The molecule has 1 aliphatic heterocycles. The Kier molecular flexibility index (Phi) is 3.46. The number of nitrogens with zero attached hydrogens (tertiary/aromatic N) is 1. The van der Waals surface area contributed by atoms with Crippen LogP contribution in [0.3, 0.4) is 0 Å². The van der Waals surface area contributed by atoms with Crippen molar-refractivity contribution in [1.82, 2.24) is 5.32 Å². The highest BCUT2D eigenvalue weighted by Crippen LogP contribution is 2.17. The van der Waals surface area contributed by atoms with Gasteiger partial charge in [0, 0.05) is 31.4 Å². The smallest absolute Gasteiger partial charge is 0.0839 e. The first-order chi connectivity index (χ1) is 7.65. The maximum absolute atomic E-state index is 9.80. The lowest BCUT2D eigenvalue weighted by Gasteiger charge is -2.26. The van der Waals surface area contributed by atoms with Gasteiger partial charge in [-0.2, -0.15) is 0 Å². The fourth-order valence-corrected chi connectivity index (χ4v) is 2.16. The monoisotopic (exact) mass is 220 g/mol. The zero-order valence-corrected chi connectivity index (χ0v) is 9.98. The first kappa shape index (κ1) is 11.4. The summed E-state index contributed by atoms with van der Waals surface area (Å²) in [6.07, 6.45) is -0.287. The van der Waals surface area contributed by atoms with Crippen LogP contribution in [0.5, 0.6) is 0 Å². The normalized spacial score (nSPS) is 26.6. The number of aliphatic hydroxyl groups is 1. The Labute approximate surface area is 97.1 Å². The van der Waals surface area contributed by atoms with Crippen LogP contribution in [0.4, 0.5) is 5.69 Å². The van der Waals surface area contributed by atoms with Crippen LogP contribution in [0.1, 0.15) is 12.5 Å². The summed E-state index contributed by atoms with van der Waals surface area (Å²) in [5.74, 6) is 0. The maximum atomic E-state index is 9.80. The third-order valence-corrected chi connectivity index (χ3v) is 2.99. The van der Waals surface area contributed by atoms with Gasteiger partial charge in [-0.1, -0.05) is 12.1 Å². The second-order valence-corrected chi connectivity index (χ2v) is 4.71. The van der Waals surface area contributed by atoms with Crippen LogP contribution in [0, 0.1) is 6.92 Å². The van der Waals surface area contributed by atoms with E-state index >= 15 is 0 Å². The third-order valence-electron chi connectivity index (χ3n) is 2.99. The molecule has 0 spiro atoms. The zero-order valence-electron chi connectivity index (χ0n) is 9.98. The lowest BCUT2D eigenvalue weighted by atomic mass is 10.2. The van der Waals surface area contributed by atoms with E-state index in [0.29, 0.717) is 19.1 Å². The van der Waals surface area contributed by atoms with Crippen molar-refractivity contribution in [2.24, 2.45) is 0 Å². The molecule has 0 bridgehead atoms. The Bertz CT molecular complexity index is 342. The third kappa shape index (κ3) is 2.74. The number of rotatable bonds is 1. The molecule has 88 valence electrons. The first-order valence-corrected chi connectivity index (χ1v) is 5.88. The fraction of sp³-hybridized carbons (Fsp3) is 0.538. The molecule has 1 saturated heterocycles. The molecule has 1 heterocycles. The minimum absolute atomic E-state index is 0.287. The van der Waals surface area contributed by atoms with Crippen molar-refractivity contribution < 1.29 is 5.11 Å². The summed E-state index contributed by atoms with van der Waals surface area (Å²) in [6.45, 7) is 6.59. The predicted octanol–water partition coefficient (Wildman–Crippen LogP) is 1.15. The van der Waals surface area contributed by atoms with Crippen LogP contribution < -0.4 is 10.2 Å². The van der Waals surface area contributed by atoms with E-state index in [9.17, 15) is 5.11 Å². The molecule has 1 aromatic rings.